The van der Waals surface area contributed by atoms with Crippen LogP contribution in [0.2, 0.25) is 5.02 Å². The second-order valence-corrected chi connectivity index (χ2v) is 5.51. The van der Waals surface area contributed by atoms with Crippen LogP contribution in [0.25, 0.3) is 11.0 Å². The highest BCUT2D eigenvalue weighted by Gasteiger charge is 2.15. The van der Waals surface area contributed by atoms with Gasteiger partial charge in [0.2, 0.25) is 0 Å². The molecule has 114 valence electrons. The van der Waals surface area contributed by atoms with Crippen LogP contribution < -0.4 is 5.32 Å². The number of para-hydroxylation sites is 1. The van der Waals surface area contributed by atoms with Gasteiger partial charge in [0.05, 0.1) is 10.5 Å². The smallest absolute Gasteiger partial charge is 0.141 e. The van der Waals surface area contributed by atoms with E-state index in [9.17, 15) is 4.39 Å². The summed E-state index contributed by atoms with van der Waals surface area (Å²) >= 11 is 5.84. The van der Waals surface area contributed by atoms with E-state index < -0.39 is 5.82 Å². The summed E-state index contributed by atoms with van der Waals surface area (Å²) in [5.74, 6) is -0.425. The zero-order valence-corrected chi connectivity index (χ0v) is 12.9. The Morgan fingerprint density at radius 1 is 1.27 bits per heavy atom. The molecule has 1 N–H and O–H groups in total. The molecule has 0 saturated heterocycles. The number of rotatable bonds is 5. The average Bonchev–Trinajstić information content (AvgIpc) is 2.94. The van der Waals surface area contributed by atoms with E-state index >= 15 is 0 Å². The van der Waals surface area contributed by atoms with Crippen LogP contribution in [-0.4, -0.2) is 15.0 Å². The lowest BCUT2D eigenvalue weighted by molar-refractivity contribution is 0.467. The molecule has 3 rings (SSSR count). The molecule has 0 aliphatic rings. The second-order valence-electron chi connectivity index (χ2n) is 5.10. The van der Waals surface area contributed by atoms with E-state index in [1.165, 1.54) is 6.07 Å². The van der Waals surface area contributed by atoms with Gasteiger partial charge in [0.1, 0.15) is 17.5 Å². The van der Waals surface area contributed by atoms with Crippen LogP contribution in [0.15, 0.2) is 42.5 Å². The summed E-state index contributed by atoms with van der Waals surface area (Å²) in [7, 11) is 0. The van der Waals surface area contributed by atoms with Crippen molar-refractivity contribution in [3.05, 3.63) is 53.3 Å². The molecule has 0 spiro atoms. The van der Waals surface area contributed by atoms with Crippen LogP contribution >= 0.6 is 11.6 Å². The number of hydrogen-bond acceptors (Lipinski definition) is 3. The van der Waals surface area contributed by atoms with E-state index in [1.54, 1.807) is 12.1 Å². The van der Waals surface area contributed by atoms with Gasteiger partial charge in [-0.25, -0.2) is 9.07 Å². The number of nitrogens with one attached hydrogen (secondary N) is 1. The number of benzene rings is 2. The lowest BCUT2D eigenvalue weighted by Crippen LogP contribution is -2.19. The van der Waals surface area contributed by atoms with Crippen molar-refractivity contribution in [1.29, 1.82) is 0 Å². The number of fused-ring (bicyclic) bond motifs is 1. The van der Waals surface area contributed by atoms with Crippen molar-refractivity contribution >= 4 is 28.3 Å². The van der Waals surface area contributed by atoms with Crippen LogP contribution in [0.3, 0.4) is 0 Å². The van der Waals surface area contributed by atoms with Gasteiger partial charge in [0.15, 0.2) is 0 Å². The first-order chi connectivity index (χ1) is 10.7. The van der Waals surface area contributed by atoms with Gasteiger partial charge in [-0.2, -0.15) is 0 Å². The van der Waals surface area contributed by atoms with Crippen molar-refractivity contribution < 1.29 is 4.39 Å². The lowest BCUT2D eigenvalue weighted by atomic mass is 10.2. The highest BCUT2D eigenvalue weighted by Crippen LogP contribution is 2.25. The molecule has 1 heterocycles. The second kappa shape index (κ2) is 6.32. The molecular weight excluding hydrogens is 303 g/mol. The summed E-state index contributed by atoms with van der Waals surface area (Å²) < 4.78 is 15.1. The molecule has 0 aliphatic heterocycles. The third-order valence-corrected chi connectivity index (χ3v) is 3.78. The first-order valence-electron chi connectivity index (χ1n) is 7.20. The maximum absolute atomic E-state index is 13.3. The molecule has 22 heavy (non-hydrogen) atoms. The summed E-state index contributed by atoms with van der Waals surface area (Å²) in [5, 5.41) is 11.9. The highest BCUT2D eigenvalue weighted by molar-refractivity contribution is 6.31. The van der Waals surface area contributed by atoms with E-state index in [1.807, 2.05) is 28.9 Å². The van der Waals surface area contributed by atoms with Crippen molar-refractivity contribution in [3.63, 3.8) is 0 Å². The summed E-state index contributed by atoms with van der Waals surface area (Å²) in [5.41, 5.74) is 2.56. The third-order valence-electron chi connectivity index (χ3n) is 3.49. The molecule has 0 amide bonds. The molecule has 1 aromatic heterocycles. The molecule has 3 aromatic rings. The largest absolute Gasteiger partial charge is 0.364 e. The predicted molar refractivity (Wildman–Crippen MR) is 86.5 cm³/mol. The SMILES string of the molecule is CCC[C@H](Nc1ccc(F)c(Cl)c1)n1nnc2ccccc21. The van der Waals surface area contributed by atoms with Crippen LogP contribution in [0, 0.1) is 5.82 Å². The fourth-order valence-electron chi connectivity index (χ4n) is 2.42. The minimum atomic E-state index is -0.425. The Balaban J connectivity index is 1.93. The van der Waals surface area contributed by atoms with Crippen molar-refractivity contribution in [3.8, 4) is 0 Å². The van der Waals surface area contributed by atoms with Gasteiger partial charge in [-0.05, 0) is 36.8 Å². The lowest BCUT2D eigenvalue weighted by Gasteiger charge is -2.20. The quantitative estimate of drug-likeness (QED) is 0.745. The molecule has 1 atom stereocenters. The van der Waals surface area contributed by atoms with E-state index in [-0.39, 0.29) is 11.2 Å². The average molecular weight is 319 g/mol. The van der Waals surface area contributed by atoms with E-state index in [0.717, 1.165) is 29.6 Å². The number of hydrogen-bond donors (Lipinski definition) is 1. The minimum Gasteiger partial charge on any atom is -0.364 e. The van der Waals surface area contributed by atoms with Gasteiger partial charge in [-0.15, -0.1) is 5.10 Å². The number of anilines is 1. The Labute approximate surface area is 132 Å². The molecule has 0 radical (unpaired) electrons. The predicted octanol–water partition coefficient (Wildman–Crippen LogP) is 4.63. The van der Waals surface area contributed by atoms with Gasteiger partial charge in [-0.3, -0.25) is 0 Å². The summed E-state index contributed by atoms with van der Waals surface area (Å²) in [6, 6.07) is 12.4. The Bertz CT molecular complexity index is 787. The van der Waals surface area contributed by atoms with Gasteiger partial charge in [0.25, 0.3) is 0 Å². The molecule has 6 heteroatoms. The topological polar surface area (TPSA) is 42.7 Å². The Morgan fingerprint density at radius 3 is 2.86 bits per heavy atom. The fraction of sp³-hybridized carbons (Fsp3) is 0.250. The van der Waals surface area contributed by atoms with Crippen LogP contribution in [0.5, 0.6) is 0 Å². The molecule has 0 bridgehead atoms. The summed E-state index contributed by atoms with van der Waals surface area (Å²) in [6.07, 6.45) is 1.77. The first-order valence-corrected chi connectivity index (χ1v) is 7.58. The Morgan fingerprint density at radius 2 is 2.09 bits per heavy atom. The standard InChI is InChI=1S/C16H16ClFN4/c1-2-5-16(19-11-8-9-13(18)12(17)10-11)22-15-7-4-3-6-14(15)20-21-22/h3-4,6-10,16,19H,2,5H2,1H3/t16-/m1/s1. The Kier molecular flexibility index (Phi) is 4.24. The molecule has 0 aliphatic carbocycles. The highest BCUT2D eigenvalue weighted by atomic mass is 35.5. The third kappa shape index (κ3) is 2.90. The monoisotopic (exact) mass is 318 g/mol. The van der Waals surface area contributed by atoms with E-state index in [2.05, 4.69) is 22.6 Å². The zero-order valence-electron chi connectivity index (χ0n) is 12.1. The molecular formula is C16H16ClFN4. The maximum atomic E-state index is 13.3. The first kappa shape index (κ1) is 14.8. The van der Waals surface area contributed by atoms with Crippen LogP contribution in [0.4, 0.5) is 10.1 Å². The van der Waals surface area contributed by atoms with Crippen LogP contribution in [0.1, 0.15) is 25.9 Å². The molecule has 0 unspecified atom stereocenters. The van der Waals surface area contributed by atoms with Crippen molar-refractivity contribution in [2.75, 3.05) is 5.32 Å². The van der Waals surface area contributed by atoms with Crippen molar-refractivity contribution in [2.45, 2.75) is 25.9 Å². The van der Waals surface area contributed by atoms with Crippen molar-refractivity contribution in [2.24, 2.45) is 0 Å². The van der Waals surface area contributed by atoms with Gasteiger partial charge in [-0.1, -0.05) is 42.3 Å². The molecule has 4 nitrogen and oxygen atoms in total. The van der Waals surface area contributed by atoms with E-state index in [0.29, 0.717) is 0 Å². The van der Waals surface area contributed by atoms with Gasteiger partial charge < -0.3 is 5.32 Å². The van der Waals surface area contributed by atoms with Crippen molar-refractivity contribution in [1.82, 2.24) is 15.0 Å². The minimum absolute atomic E-state index is 0.0704. The molecule has 2 aromatic carbocycles. The fourth-order valence-corrected chi connectivity index (χ4v) is 2.61. The molecule has 0 saturated carbocycles. The summed E-state index contributed by atoms with van der Waals surface area (Å²) in [6.45, 7) is 2.10. The number of halogens is 2. The number of nitrogens with zero attached hydrogens (tertiary/aromatic N) is 3. The van der Waals surface area contributed by atoms with E-state index in [4.69, 9.17) is 11.6 Å². The Hall–Kier alpha value is -2.14. The number of aromatic nitrogens is 3. The van der Waals surface area contributed by atoms with Gasteiger partial charge in [0, 0.05) is 5.69 Å². The summed E-state index contributed by atoms with van der Waals surface area (Å²) in [4.78, 5) is 0. The van der Waals surface area contributed by atoms with Gasteiger partial charge >= 0.3 is 0 Å². The normalized spacial score (nSPS) is 12.5. The molecule has 0 fully saturated rings. The van der Waals surface area contributed by atoms with Crippen LogP contribution in [-0.2, 0) is 0 Å². The maximum Gasteiger partial charge on any atom is 0.141 e. The zero-order chi connectivity index (χ0) is 15.5.